The van der Waals surface area contributed by atoms with Crippen LogP contribution in [0.1, 0.15) is 23.1 Å². The number of aryl methyl sites for hydroxylation is 3. The van der Waals surface area contributed by atoms with E-state index in [9.17, 15) is 14.4 Å². The van der Waals surface area contributed by atoms with Crippen molar-refractivity contribution in [2.24, 2.45) is 0 Å². The molecule has 4 amide bonds. The number of nitrogens with zero attached hydrogens (tertiary/aromatic N) is 1. The Labute approximate surface area is 158 Å². The van der Waals surface area contributed by atoms with Crippen LogP contribution in [-0.2, 0) is 16.0 Å². The van der Waals surface area contributed by atoms with Gasteiger partial charge in [0.15, 0.2) is 0 Å². The van der Waals surface area contributed by atoms with Crippen molar-refractivity contribution in [3.8, 4) is 0 Å². The van der Waals surface area contributed by atoms with E-state index in [0.29, 0.717) is 18.5 Å². The van der Waals surface area contributed by atoms with E-state index in [4.69, 9.17) is 0 Å². The largest absolute Gasteiger partial charge is 0.326 e. The lowest BCUT2D eigenvalue weighted by molar-refractivity contribution is -0.130. The molecular weight excluding hydrogens is 342 g/mol. The lowest BCUT2D eigenvalue weighted by Gasteiger charge is -2.14. The Hall–Kier alpha value is -3.15. The number of hydrogen-bond donors (Lipinski definition) is 2. The van der Waals surface area contributed by atoms with Gasteiger partial charge < -0.3 is 10.6 Å². The van der Waals surface area contributed by atoms with Crippen LogP contribution in [0.3, 0.4) is 0 Å². The Morgan fingerprint density at radius 2 is 1.85 bits per heavy atom. The molecule has 1 aliphatic heterocycles. The summed E-state index contributed by atoms with van der Waals surface area (Å²) in [5.74, 6) is -0.747. The first-order chi connectivity index (χ1) is 12.9. The molecule has 0 unspecified atom stereocenters. The predicted octanol–water partition coefficient (Wildman–Crippen LogP) is 2.80. The van der Waals surface area contributed by atoms with E-state index in [2.05, 4.69) is 10.6 Å². The summed E-state index contributed by atoms with van der Waals surface area (Å²) in [6.45, 7) is 3.53. The second kappa shape index (κ2) is 8.03. The minimum Gasteiger partial charge on any atom is -0.326 e. The molecule has 2 aromatic carbocycles. The number of imide groups is 1. The third-order valence-electron chi connectivity index (χ3n) is 4.64. The molecule has 1 fully saturated rings. The van der Waals surface area contributed by atoms with Crippen LogP contribution in [0.5, 0.6) is 0 Å². The summed E-state index contributed by atoms with van der Waals surface area (Å²) < 4.78 is 0. The van der Waals surface area contributed by atoms with Crippen LogP contribution in [0, 0.1) is 13.8 Å². The normalized spacial score (nSPS) is 16.4. The van der Waals surface area contributed by atoms with Gasteiger partial charge in [0.25, 0.3) is 5.91 Å². The molecule has 1 heterocycles. The highest BCUT2D eigenvalue weighted by atomic mass is 16.2. The summed E-state index contributed by atoms with van der Waals surface area (Å²) in [6.07, 6.45) is 1.18. The van der Waals surface area contributed by atoms with Crippen molar-refractivity contribution in [3.05, 3.63) is 65.2 Å². The van der Waals surface area contributed by atoms with Crippen LogP contribution in [0.25, 0.3) is 0 Å². The van der Waals surface area contributed by atoms with E-state index >= 15 is 0 Å². The third kappa shape index (κ3) is 4.53. The number of rotatable bonds is 6. The summed E-state index contributed by atoms with van der Waals surface area (Å²) in [5, 5.41) is 5.45. The molecule has 6 heteroatoms. The topological polar surface area (TPSA) is 78.5 Å². The summed E-state index contributed by atoms with van der Waals surface area (Å²) in [5.41, 5.74) is 3.73. The lowest BCUT2D eigenvalue weighted by Crippen LogP contribution is -2.38. The Kier molecular flexibility index (Phi) is 5.54. The van der Waals surface area contributed by atoms with E-state index in [1.54, 1.807) is 0 Å². The van der Waals surface area contributed by atoms with Crippen molar-refractivity contribution in [2.45, 2.75) is 32.7 Å². The SMILES string of the molecule is Cc1ccc(C)c(NC(=O)CN2C(=O)N[C@@H](CCc3ccccc3)C2=O)c1. The Balaban J connectivity index is 1.58. The fourth-order valence-corrected chi connectivity index (χ4v) is 3.08. The molecule has 1 saturated heterocycles. The van der Waals surface area contributed by atoms with Gasteiger partial charge in [0.1, 0.15) is 12.6 Å². The van der Waals surface area contributed by atoms with Crippen LogP contribution in [0.4, 0.5) is 10.5 Å². The summed E-state index contributed by atoms with van der Waals surface area (Å²) in [6, 6.07) is 14.4. The van der Waals surface area contributed by atoms with Gasteiger partial charge in [-0.3, -0.25) is 14.5 Å². The molecule has 2 N–H and O–H groups in total. The van der Waals surface area contributed by atoms with Gasteiger partial charge in [0, 0.05) is 5.69 Å². The van der Waals surface area contributed by atoms with Gasteiger partial charge in [0.2, 0.25) is 5.91 Å². The van der Waals surface area contributed by atoms with Crippen molar-refractivity contribution in [1.29, 1.82) is 0 Å². The lowest BCUT2D eigenvalue weighted by atomic mass is 10.1. The van der Waals surface area contributed by atoms with Crippen LogP contribution < -0.4 is 10.6 Å². The first-order valence-corrected chi connectivity index (χ1v) is 8.97. The van der Waals surface area contributed by atoms with Crippen molar-refractivity contribution in [1.82, 2.24) is 10.2 Å². The molecule has 0 aromatic heterocycles. The zero-order chi connectivity index (χ0) is 19.4. The van der Waals surface area contributed by atoms with E-state index in [0.717, 1.165) is 21.6 Å². The standard InChI is InChI=1S/C21H23N3O3/c1-14-8-9-15(2)18(12-14)22-19(25)13-24-20(26)17(23-21(24)27)11-10-16-6-4-3-5-7-16/h3-9,12,17H,10-11,13H2,1-2H3,(H,22,25)(H,23,27)/t17-/m0/s1. The highest BCUT2D eigenvalue weighted by molar-refractivity contribution is 6.08. The van der Waals surface area contributed by atoms with E-state index in [1.807, 2.05) is 62.4 Å². The molecule has 0 aliphatic carbocycles. The van der Waals surface area contributed by atoms with E-state index in [1.165, 1.54) is 0 Å². The van der Waals surface area contributed by atoms with Gasteiger partial charge in [-0.05, 0) is 49.4 Å². The number of urea groups is 1. The summed E-state index contributed by atoms with van der Waals surface area (Å²) in [7, 11) is 0. The number of benzene rings is 2. The van der Waals surface area contributed by atoms with Crippen molar-refractivity contribution in [3.63, 3.8) is 0 Å². The molecule has 0 bridgehead atoms. The first kappa shape index (κ1) is 18.6. The smallest absolute Gasteiger partial charge is 0.325 e. The molecular formula is C21H23N3O3. The number of nitrogens with one attached hydrogen (secondary N) is 2. The number of hydrogen-bond acceptors (Lipinski definition) is 3. The predicted molar refractivity (Wildman–Crippen MR) is 103 cm³/mol. The van der Waals surface area contributed by atoms with Crippen LogP contribution in [0.2, 0.25) is 0 Å². The number of amides is 4. The summed E-state index contributed by atoms with van der Waals surface area (Å²) >= 11 is 0. The van der Waals surface area contributed by atoms with Gasteiger partial charge in [0.05, 0.1) is 0 Å². The molecule has 2 aromatic rings. The molecule has 27 heavy (non-hydrogen) atoms. The van der Waals surface area contributed by atoms with Crippen LogP contribution >= 0.6 is 0 Å². The highest BCUT2D eigenvalue weighted by Crippen LogP contribution is 2.17. The van der Waals surface area contributed by atoms with Gasteiger partial charge in [-0.2, -0.15) is 0 Å². The maximum Gasteiger partial charge on any atom is 0.325 e. The highest BCUT2D eigenvalue weighted by Gasteiger charge is 2.38. The van der Waals surface area contributed by atoms with Gasteiger partial charge in [-0.25, -0.2) is 4.79 Å². The van der Waals surface area contributed by atoms with Crippen LogP contribution in [0.15, 0.2) is 48.5 Å². The Bertz CT molecular complexity index is 864. The average Bonchev–Trinajstić information content (AvgIpc) is 2.91. The second-order valence-electron chi connectivity index (χ2n) is 6.82. The molecule has 3 rings (SSSR count). The quantitative estimate of drug-likeness (QED) is 0.773. The number of carbonyl (C=O) groups is 3. The van der Waals surface area contributed by atoms with Gasteiger partial charge in [-0.15, -0.1) is 0 Å². The minimum absolute atomic E-state index is 0.292. The maximum atomic E-state index is 12.5. The Morgan fingerprint density at radius 1 is 1.11 bits per heavy atom. The van der Waals surface area contributed by atoms with Crippen molar-refractivity contribution in [2.75, 3.05) is 11.9 Å². The molecule has 140 valence electrons. The summed E-state index contributed by atoms with van der Waals surface area (Å²) in [4.78, 5) is 37.9. The average molecular weight is 365 g/mol. The maximum absolute atomic E-state index is 12.5. The fraction of sp³-hybridized carbons (Fsp3) is 0.286. The molecule has 1 aliphatic rings. The second-order valence-corrected chi connectivity index (χ2v) is 6.82. The van der Waals surface area contributed by atoms with Crippen LogP contribution in [-0.4, -0.2) is 35.3 Å². The molecule has 6 nitrogen and oxygen atoms in total. The molecule has 0 saturated carbocycles. The van der Waals surface area contributed by atoms with Gasteiger partial charge in [-0.1, -0.05) is 42.5 Å². The number of anilines is 1. The fourth-order valence-electron chi connectivity index (χ4n) is 3.08. The molecule has 0 radical (unpaired) electrons. The zero-order valence-corrected chi connectivity index (χ0v) is 15.5. The number of carbonyl (C=O) groups excluding carboxylic acids is 3. The molecule has 0 spiro atoms. The minimum atomic E-state index is -0.591. The zero-order valence-electron chi connectivity index (χ0n) is 15.5. The van der Waals surface area contributed by atoms with Crippen molar-refractivity contribution >= 4 is 23.5 Å². The van der Waals surface area contributed by atoms with Gasteiger partial charge >= 0.3 is 6.03 Å². The third-order valence-corrected chi connectivity index (χ3v) is 4.64. The van der Waals surface area contributed by atoms with E-state index in [-0.39, 0.29) is 12.5 Å². The first-order valence-electron chi connectivity index (χ1n) is 8.97. The van der Waals surface area contributed by atoms with E-state index < -0.39 is 18.0 Å². The Morgan fingerprint density at radius 3 is 2.59 bits per heavy atom. The van der Waals surface area contributed by atoms with Crippen molar-refractivity contribution < 1.29 is 14.4 Å². The molecule has 1 atom stereocenters. The monoisotopic (exact) mass is 365 g/mol.